The van der Waals surface area contributed by atoms with Gasteiger partial charge < -0.3 is 14.2 Å². The van der Waals surface area contributed by atoms with Crippen LogP contribution in [0, 0.1) is 17.0 Å². The standard InChI is InChI=1S/C18H17NO7/c1-11-8-13(4-6-14(11)19(22)23)18(21)26-10-15(20)12-5-7-16(24-2)17(9-12)25-3/h4-9H,10H2,1-3H3. The maximum atomic E-state index is 12.2. The van der Waals surface area contributed by atoms with E-state index in [0.29, 0.717) is 22.6 Å². The lowest BCUT2D eigenvalue weighted by Crippen LogP contribution is -2.14. The first-order valence-electron chi connectivity index (χ1n) is 7.54. The van der Waals surface area contributed by atoms with Gasteiger partial charge in [0.05, 0.1) is 24.7 Å². The van der Waals surface area contributed by atoms with Crippen LogP contribution in [-0.2, 0) is 4.74 Å². The Kier molecular flexibility index (Phi) is 5.90. The minimum Gasteiger partial charge on any atom is -0.493 e. The minimum absolute atomic E-state index is 0.0945. The van der Waals surface area contributed by atoms with Gasteiger partial charge in [0.15, 0.2) is 23.9 Å². The molecule has 0 aliphatic carbocycles. The number of nitro groups is 1. The van der Waals surface area contributed by atoms with Crippen molar-refractivity contribution in [2.75, 3.05) is 20.8 Å². The van der Waals surface area contributed by atoms with Crippen molar-refractivity contribution in [3.63, 3.8) is 0 Å². The average Bonchev–Trinajstić information content (AvgIpc) is 2.64. The molecule has 0 aliphatic heterocycles. The third kappa shape index (κ3) is 4.15. The molecule has 0 heterocycles. The fourth-order valence-electron chi connectivity index (χ4n) is 2.29. The number of carbonyl (C=O) groups is 2. The van der Waals surface area contributed by atoms with Crippen molar-refractivity contribution in [1.82, 2.24) is 0 Å². The molecule has 0 N–H and O–H groups in total. The molecule has 2 aromatic carbocycles. The topological polar surface area (TPSA) is 105 Å². The van der Waals surface area contributed by atoms with Crippen LogP contribution >= 0.6 is 0 Å². The summed E-state index contributed by atoms with van der Waals surface area (Å²) in [6.07, 6.45) is 0. The van der Waals surface area contributed by atoms with Gasteiger partial charge in [-0.1, -0.05) is 0 Å². The quantitative estimate of drug-likeness (QED) is 0.324. The van der Waals surface area contributed by atoms with Crippen LogP contribution < -0.4 is 9.47 Å². The van der Waals surface area contributed by atoms with Gasteiger partial charge in [-0.3, -0.25) is 14.9 Å². The van der Waals surface area contributed by atoms with Crippen LogP contribution in [0.3, 0.4) is 0 Å². The molecule has 0 saturated carbocycles. The number of benzene rings is 2. The summed E-state index contributed by atoms with van der Waals surface area (Å²) < 4.78 is 15.2. The number of hydrogen-bond donors (Lipinski definition) is 0. The fraction of sp³-hybridized carbons (Fsp3) is 0.222. The molecule has 0 saturated heterocycles. The SMILES string of the molecule is COc1ccc(C(=O)COC(=O)c2ccc([N+](=O)[O-])c(C)c2)cc1OC. The number of carbonyl (C=O) groups excluding carboxylic acids is 2. The lowest BCUT2D eigenvalue weighted by molar-refractivity contribution is -0.385. The van der Waals surface area contributed by atoms with E-state index in [1.165, 1.54) is 51.5 Å². The Labute approximate surface area is 149 Å². The number of ketones is 1. The molecule has 0 unspecified atom stereocenters. The van der Waals surface area contributed by atoms with Gasteiger partial charge >= 0.3 is 5.97 Å². The van der Waals surface area contributed by atoms with E-state index in [9.17, 15) is 19.7 Å². The summed E-state index contributed by atoms with van der Waals surface area (Å²) in [5, 5.41) is 10.8. The zero-order valence-electron chi connectivity index (χ0n) is 14.5. The van der Waals surface area contributed by atoms with Gasteiger partial charge in [-0.15, -0.1) is 0 Å². The summed E-state index contributed by atoms with van der Waals surface area (Å²) in [5.74, 6) is -0.298. The van der Waals surface area contributed by atoms with Gasteiger partial charge in [0, 0.05) is 17.2 Å². The van der Waals surface area contributed by atoms with Crippen LogP contribution in [0.4, 0.5) is 5.69 Å². The molecule has 0 fully saturated rings. The Morgan fingerprint density at radius 3 is 2.23 bits per heavy atom. The first-order valence-corrected chi connectivity index (χ1v) is 7.54. The maximum absolute atomic E-state index is 12.2. The highest BCUT2D eigenvalue weighted by Crippen LogP contribution is 2.27. The molecule has 26 heavy (non-hydrogen) atoms. The van der Waals surface area contributed by atoms with Crippen LogP contribution in [-0.4, -0.2) is 37.5 Å². The molecule has 0 amide bonds. The van der Waals surface area contributed by atoms with E-state index in [-0.39, 0.29) is 11.3 Å². The number of nitro benzene ring substituents is 1. The molecular weight excluding hydrogens is 342 g/mol. The highest BCUT2D eigenvalue weighted by Gasteiger charge is 2.17. The molecule has 136 valence electrons. The van der Waals surface area contributed by atoms with Crippen molar-refractivity contribution in [3.8, 4) is 11.5 Å². The van der Waals surface area contributed by atoms with E-state index in [1.54, 1.807) is 6.07 Å². The zero-order valence-corrected chi connectivity index (χ0v) is 14.5. The molecule has 8 nitrogen and oxygen atoms in total. The highest BCUT2D eigenvalue weighted by atomic mass is 16.6. The van der Waals surface area contributed by atoms with E-state index in [0.717, 1.165) is 0 Å². The smallest absolute Gasteiger partial charge is 0.338 e. The molecule has 0 spiro atoms. The Morgan fingerprint density at radius 1 is 1.00 bits per heavy atom. The molecule has 8 heteroatoms. The zero-order chi connectivity index (χ0) is 19.3. The second-order valence-electron chi connectivity index (χ2n) is 5.33. The van der Waals surface area contributed by atoms with Crippen LogP contribution in [0.25, 0.3) is 0 Å². The summed E-state index contributed by atoms with van der Waals surface area (Å²) in [6.45, 7) is 1.05. The number of aryl methyl sites for hydroxylation is 1. The summed E-state index contributed by atoms with van der Waals surface area (Å²) in [6, 6.07) is 8.46. The molecule has 2 rings (SSSR count). The van der Waals surface area contributed by atoms with E-state index < -0.39 is 23.3 Å². The van der Waals surface area contributed by atoms with Gasteiger partial charge in [0.25, 0.3) is 5.69 Å². The molecule has 0 aromatic heterocycles. The van der Waals surface area contributed by atoms with E-state index >= 15 is 0 Å². The highest BCUT2D eigenvalue weighted by molar-refractivity contribution is 5.99. The Hall–Kier alpha value is -3.42. The Balaban J connectivity index is 2.06. The van der Waals surface area contributed by atoms with Crippen LogP contribution in [0.1, 0.15) is 26.3 Å². The Morgan fingerprint density at radius 2 is 1.65 bits per heavy atom. The molecule has 0 bridgehead atoms. The normalized spacial score (nSPS) is 10.1. The van der Waals surface area contributed by atoms with Gasteiger partial charge in [-0.2, -0.15) is 0 Å². The van der Waals surface area contributed by atoms with Crippen LogP contribution in [0.15, 0.2) is 36.4 Å². The fourth-order valence-corrected chi connectivity index (χ4v) is 2.29. The number of methoxy groups -OCH3 is 2. The first-order chi connectivity index (χ1) is 12.4. The summed E-state index contributed by atoms with van der Waals surface area (Å²) in [5.41, 5.74) is 0.669. The second kappa shape index (κ2) is 8.11. The molecule has 0 aliphatic rings. The molecule has 0 radical (unpaired) electrons. The minimum atomic E-state index is -0.739. The van der Waals surface area contributed by atoms with Crippen LogP contribution in [0.2, 0.25) is 0 Å². The van der Waals surface area contributed by atoms with Gasteiger partial charge in [0.1, 0.15) is 0 Å². The summed E-state index contributed by atoms with van der Waals surface area (Å²) in [4.78, 5) is 34.5. The lowest BCUT2D eigenvalue weighted by Gasteiger charge is -2.09. The van der Waals surface area contributed by atoms with Gasteiger partial charge in [0.2, 0.25) is 0 Å². The van der Waals surface area contributed by atoms with E-state index in [4.69, 9.17) is 14.2 Å². The number of Topliss-reactive ketones (excluding diaryl/α,β-unsaturated/α-hetero) is 1. The van der Waals surface area contributed by atoms with Crippen molar-refractivity contribution in [1.29, 1.82) is 0 Å². The third-order valence-corrected chi connectivity index (χ3v) is 3.67. The number of hydrogen-bond acceptors (Lipinski definition) is 7. The molecular formula is C18H17NO7. The van der Waals surface area contributed by atoms with Crippen molar-refractivity contribution in [2.45, 2.75) is 6.92 Å². The Bertz CT molecular complexity index is 861. The van der Waals surface area contributed by atoms with E-state index in [1.807, 2.05) is 0 Å². The largest absolute Gasteiger partial charge is 0.493 e. The second-order valence-corrected chi connectivity index (χ2v) is 5.33. The predicted octanol–water partition coefficient (Wildman–Crippen LogP) is 2.96. The van der Waals surface area contributed by atoms with Crippen molar-refractivity contribution in [3.05, 3.63) is 63.2 Å². The van der Waals surface area contributed by atoms with Crippen molar-refractivity contribution < 1.29 is 28.7 Å². The summed E-state index contributed by atoms with van der Waals surface area (Å²) >= 11 is 0. The number of ether oxygens (including phenoxy) is 3. The van der Waals surface area contributed by atoms with Gasteiger partial charge in [-0.05, 0) is 37.3 Å². The molecule has 0 atom stereocenters. The average molecular weight is 359 g/mol. The number of rotatable bonds is 7. The predicted molar refractivity (Wildman–Crippen MR) is 92.0 cm³/mol. The first kappa shape index (κ1) is 18.9. The van der Waals surface area contributed by atoms with Crippen molar-refractivity contribution >= 4 is 17.4 Å². The van der Waals surface area contributed by atoms with Gasteiger partial charge in [-0.25, -0.2) is 4.79 Å². The summed E-state index contributed by atoms with van der Waals surface area (Å²) in [7, 11) is 2.93. The molecule has 2 aromatic rings. The third-order valence-electron chi connectivity index (χ3n) is 3.67. The lowest BCUT2D eigenvalue weighted by atomic mass is 10.1. The monoisotopic (exact) mass is 359 g/mol. The van der Waals surface area contributed by atoms with E-state index in [2.05, 4.69) is 0 Å². The van der Waals surface area contributed by atoms with Crippen molar-refractivity contribution in [2.24, 2.45) is 0 Å². The number of esters is 1. The maximum Gasteiger partial charge on any atom is 0.338 e. The van der Waals surface area contributed by atoms with Crippen LogP contribution in [0.5, 0.6) is 11.5 Å². The number of nitrogens with zero attached hydrogens (tertiary/aromatic N) is 1.